The van der Waals surface area contributed by atoms with Gasteiger partial charge in [-0.05, 0) is 274 Å². The molecule has 0 aliphatic heterocycles. The second-order valence-electron chi connectivity index (χ2n) is 29.4. The van der Waals surface area contributed by atoms with Crippen molar-refractivity contribution in [1.29, 1.82) is 0 Å². The standard InChI is InChI=1S/2C31H35NO2.C25H29NO2/c2*1-3-30-16-17-31(34,26-11-5-4-6-12-26)21-27(30)13-7-9-24-19-25(14-15-28(24)30)29(33)20-23-10-8-18-32-22(23)2;1-3-25-12-11-22(27)16-21(25)8-4-6-19-14-20(9-10-23(19)25)24(28)15-18-7-5-13-26-17(18)2/h2*4-6,8,10-12,14-15,18-19,27,34H,3,7,9,13,16-17,20-21H2,1-2H3;5,7,9-10,13-14,21H,3-4,6,8,11-12,15-16H2,1-2H3/t27-,30+,31+;27-,30+,31-;21-,25+/m000/s1. The molecular formula is C87H99N3O6. The summed E-state index contributed by atoms with van der Waals surface area (Å²) in [5, 5.41) is 23.3. The lowest BCUT2D eigenvalue weighted by molar-refractivity contribution is -0.123. The van der Waals surface area contributed by atoms with E-state index in [1.807, 2.05) is 112 Å². The quantitative estimate of drug-likeness (QED) is 0.102. The van der Waals surface area contributed by atoms with Crippen LogP contribution in [0.2, 0.25) is 0 Å². The Hall–Kier alpha value is -7.85. The molecule has 0 unspecified atom stereocenters. The summed E-state index contributed by atoms with van der Waals surface area (Å²) in [5.41, 5.74) is 17.3. The van der Waals surface area contributed by atoms with E-state index in [1.165, 1.54) is 33.4 Å². The minimum atomic E-state index is -0.743. The number of hydrogen-bond acceptors (Lipinski definition) is 9. The summed E-state index contributed by atoms with van der Waals surface area (Å²) >= 11 is 0. The lowest BCUT2D eigenvalue weighted by atomic mass is 9.56. The minimum Gasteiger partial charge on any atom is -0.385 e. The fourth-order valence-electron chi connectivity index (χ4n) is 18.9. The molecule has 3 saturated carbocycles. The molecule has 6 aliphatic rings. The molecule has 8 atom stereocenters. The van der Waals surface area contributed by atoms with Gasteiger partial charge in [0.1, 0.15) is 5.78 Å². The molecular weight excluding hydrogens is 1180 g/mol. The van der Waals surface area contributed by atoms with Crippen LogP contribution in [0.3, 0.4) is 0 Å². The van der Waals surface area contributed by atoms with Crippen molar-refractivity contribution in [3.63, 3.8) is 0 Å². The highest BCUT2D eigenvalue weighted by molar-refractivity contribution is 5.99. The summed E-state index contributed by atoms with van der Waals surface area (Å²) in [7, 11) is 0. The maximum absolute atomic E-state index is 13.2. The average Bonchev–Trinajstić information content (AvgIpc) is 1.28. The molecule has 2 N–H and O–H groups in total. The number of pyridine rings is 3. The molecule has 14 rings (SSSR count). The molecule has 0 spiro atoms. The highest BCUT2D eigenvalue weighted by Crippen LogP contribution is 2.58. The Labute approximate surface area is 570 Å². The number of ketones is 4. The van der Waals surface area contributed by atoms with E-state index < -0.39 is 11.2 Å². The predicted molar refractivity (Wildman–Crippen MR) is 383 cm³/mol. The number of carbonyl (C=O) groups is 4. The van der Waals surface area contributed by atoms with Crippen molar-refractivity contribution >= 4 is 23.1 Å². The first-order valence-corrected chi connectivity index (χ1v) is 36.2. The molecule has 8 aromatic rings. The van der Waals surface area contributed by atoms with Crippen LogP contribution in [0.1, 0.15) is 246 Å². The van der Waals surface area contributed by atoms with Crippen LogP contribution in [0.25, 0.3) is 0 Å². The lowest BCUT2D eigenvalue weighted by Gasteiger charge is -2.50. The van der Waals surface area contributed by atoms with Gasteiger partial charge in [0.2, 0.25) is 0 Å². The molecule has 96 heavy (non-hydrogen) atoms. The van der Waals surface area contributed by atoms with Gasteiger partial charge in [-0.15, -0.1) is 0 Å². The van der Waals surface area contributed by atoms with E-state index in [-0.39, 0.29) is 33.6 Å². The molecule has 0 saturated heterocycles. The first-order chi connectivity index (χ1) is 46.4. The first kappa shape index (κ1) is 68.1. The van der Waals surface area contributed by atoms with Crippen LogP contribution in [-0.2, 0) is 70.8 Å². The largest absolute Gasteiger partial charge is 0.385 e. The summed E-state index contributed by atoms with van der Waals surface area (Å²) in [5.74, 6) is 2.24. The zero-order chi connectivity index (χ0) is 67.2. The van der Waals surface area contributed by atoms with Crippen LogP contribution in [0.15, 0.2) is 170 Å². The SMILES string of the molecule is CC[C@@]12CCC(=O)C[C@@H]1CCCc1cc(C(=O)Cc3cccnc3C)ccc12.CC[C@@]12CC[C@@](O)(c3ccccc3)C[C@@H]1CCCc1cc(C(=O)Cc3cccnc3C)ccc12.CC[C@@]12CC[C@](O)(c3ccccc3)C[C@@H]1CCCc1cc(C(=O)Cc3cccnc3C)ccc12. The third-order valence-corrected chi connectivity index (χ3v) is 24.6. The Balaban J connectivity index is 0.000000138. The zero-order valence-electron chi connectivity index (χ0n) is 57.7. The summed E-state index contributed by atoms with van der Waals surface area (Å²) in [6, 6.07) is 51.4. The molecule has 9 heteroatoms. The molecule has 498 valence electrons. The third kappa shape index (κ3) is 13.7. The van der Waals surface area contributed by atoms with Crippen LogP contribution in [0.4, 0.5) is 0 Å². The van der Waals surface area contributed by atoms with Crippen LogP contribution in [0, 0.1) is 38.5 Å². The molecule has 3 heterocycles. The Bertz CT molecular complexity index is 3940. The van der Waals surface area contributed by atoms with E-state index in [2.05, 4.69) is 96.4 Å². The van der Waals surface area contributed by atoms with Crippen molar-refractivity contribution in [1.82, 2.24) is 15.0 Å². The second-order valence-corrected chi connectivity index (χ2v) is 29.4. The maximum atomic E-state index is 13.2. The van der Waals surface area contributed by atoms with Gasteiger partial charge >= 0.3 is 0 Å². The Morgan fingerprint density at radius 1 is 0.417 bits per heavy atom. The van der Waals surface area contributed by atoms with Crippen LogP contribution in [0.5, 0.6) is 0 Å². The Morgan fingerprint density at radius 2 is 0.760 bits per heavy atom. The smallest absolute Gasteiger partial charge is 0.167 e. The summed E-state index contributed by atoms with van der Waals surface area (Å²) < 4.78 is 0. The van der Waals surface area contributed by atoms with Crippen molar-refractivity contribution in [2.75, 3.05) is 0 Å². The van der Waals surface area contributed by atoms with Gasteiger partial charge in [0.25, 0.3) is 0 Å². The van der Waals surface area contributed by atoms with E-state index in [9.17, 15) is 29.4 Å². The van der Waals surface area contributed by atoms with Gasteiger partial charge in [0.15, 0.2) is 17.3 Å². The van der Waals surface area contributed by atoms with E-state index >= 15 is 0 Å². The Morgan fingerprint density at radius 3 is 1.10 bits per heavy atom. The lowest BCUT2D eigenvalue weighted by Crippen LogP contribution is -2.46. The predicted octanol–water partition coefficient (Wildman–Crippen LogP) is 18.1. The first-order valence-electron chi connectivity index (χ1n) is 36.2. The normalized spacial score (nSPS) is 25.7. The topological polar surface area (TPSA) is 147 Å². The van der Waals surface area contributed by atoms with Crippen molar-refractivity contribution in [3.8, 4) is 0 Å². The van der Waals surface area contributed by atoms with Gasteiger partial charge in [-0.1, -0.05) is 136 Å². The number of hydrogen-bond donors (Lipinski definition) is 2. The molecule has 5 aromatic carbocycles. The van der Waals surface area contributed by atoms with Crippen molar-refractivity contribution in [2.24, 2.45) is 17.8 Å². The van der Waals surface area contributed by atoms with Gasteiger partial charge < -0.3 is 10.2 Å². The van der Waals surface area contributed by atoms with Crippen molar-refractivity contribution < 1.29 is 29.4 Å². The second kappa shape index (κ2) is 29.1. The number of Topliss-reactive ketones (excluding diaryl/α,β-unsaturated/α-hetero) is 4. The van der Waals surface area contributed by atoms with Gasteiger partial charge in [-0.25, -0.2) is 0 Å². The molecule has 3 aromatic heterocycles. The van der Waals surface area contributed by atoms with Crippen LogP contribution < -0.4 is 0 Å². The summed E-state index contributed by atoms with van der Waals surface area (Å²) in [4.78, 5) is 64.3. The van der Waals surface area contributed by atoms with E-state index in [1.54, 1.807) is 18.6 Å². The minimum absolute atomic E-state index is 0.0777. The number of benzene rings is 5. The number of fused-ring (bicyclic) bond motifs is 9. The number of aryl methyl sites for hydroxylation is 6. The van der Waals surface area contributed by atoms with E-state index in [0.29, 0.717) is 49.2 Å². The monoisotopic (exact) mass is 1280 g/mol. The van der Waals surface area contributed by atoms with E-state index in [4.69, 9.17) is 0 Å². The molecule has 6 aliphatic carbocycles. The summed E-state index contributed by atoms with van der Waals surface area (Å²) in [6.45, 7) is 12.8. The number of aliphatic hydroxyl groups is 2. The molecule has 3 fully saturated rings. The fraction of sp³-hybridized carbons (Fsp3) is 0.437. The highest BCUT2D eigenvalue weighted by Gasteiger charge is 2.52. The van der Waals surface area contributed by atoms with Crippen molar-refractivity contribution in [2.45, 2.75) is 223 Å². The van der Waals surface area contributed by atoms with Gasteiger partial charge in [-0.3, -0.25) is 34.1 Å². The third-order valence-electron chi connectivity index (χ3n) is 24.6. The summed E-state index contributed by atoms with van der Waals surface area (Å²) in [6.07, 6.45) is 26.9. The van der Waals surface area contributed by atoms with Gasteiger partial charge in [0.05, 0.1) is 11.2 Å². The average molecular weight is 1280 g/mol. The molecule has 0 radical (unpaired) electrons. The molecule has 9 nitrogen and oxygen atoms in total. The number of rotatable bonds is 14. The maximum Gasteiger partial charge on any atom is 0.167 e. The molecule has 0 amide bonds. The van der Waals surface area contributed by atoms with E-state index in [0.717, 1.165) is 190 Å². The Kier molecular flexibility index (Phi) is 20.6. The highest BCUT2D eigenvalue weighted by atomic mass is 16.3. The zero-order valence-corrected chi connectivity index (χ0v) is 57.7. The number of nitrogens with zero attached hydrogens (tertiary/aromatic N) is 3. The van der Waals surface area contributed by atoms with Gasteiger partial charge in [0, 0.05) is 84.5 Å². The van der Waals surface area contributed by atoms with Gasteiger partial charge in [-0.2, -0.15) is 0 Å². The molecule has 0 bridgehead atoms. The number of carbonyl (C=O) groups excluding carboxylic acids is 4. The number of aromatic nitrogens is 3. The fourth-order valence-corrected chi connectivity index (χ4v) is 18.9. The van der Waals surface area contributed by atoms with Crippen molar-refractivity contribution in [3.05, 3.63) is 265 Å². The van der Waals surface area contributed by atoms with Crippen LogP contribution >= 0.6 is 0 Å². The van der Waals surface area contributed by atoms with Crippen LogP contribution in [-0.4, -0.2) is 48.3 Å².